The maximum absolute atomic E-state index is 12.0. The number of aromatic hydroxyl groups is 2. The SMILES string of the molecule is O=NN(CC(=O)c1ccc(O)c(O)c1)Cc1ccccc1. The van der Waals surface area contributed by atoms with Gasteiger partial charge in [-0.05, 0) is 23.8 Å². The fraction of sp³-hybridized carbons (Fsp3) is 0.133. The molecule has 0 aliphatic rings. The summed E-state index contributed by atoms with van der Waals surface area (Å²) in [6.07, 6.45) is 0. The largest absolute Gasteiger partial charge is 0.504 e. The normalized spacial score (nSPS) is 10.1. The van der Waals surface area contributed by atoms with E-state index < -0.39 is 0 Å². The average Bonchev–Trinajstić information content (AvgIpc) is 2.50. The van der Waals surface area contributed by atoms with Crippen molar-refractivity contribution < 1.29 is 15.0 Å². The number of carbonyl (C=O) groups excluding carboxylic acids is 1. The number of hydrogen-bond acceptors (Lipinski definition) is 5. The van der Waals surface area contributed by atoms with Crippen LogP contribution in [-0.2, 0) is 6.54 Å². The van der Waals surface area contributed by atoms with Crippen molar-refractivity contribution >= 4 is 5.78 Å². The first-order valence-corrected chi connectivity index (χ1v) is 6.27. The summed E-state index contributed by atoms with van der Waals surface area (Å²) in [6, 6.07) is 12.9. The molecule has 0 fully saturated rings. The molecular weight excluding hydrogens is 272 g/mol. The van der Waals surface area contributed by atoms with E-state index in [4.69, 9.17) is 0 Å². The molecule has 0 amide bonds. The van der Waals surface area contributed by atoms with Crippen LogP contribution in [0, 0.1) is 4.91 Å². The number of hydrogen-bond donors (Lipinski definition) is 2. The molecule has 0 heterocycles. The first-order chi connectivity index (χ1) is 10.1. The monoisotopic (exact) mass is 286 g/mol. The zero-order chi connectivity index (χ0) is 15.2. The third-order valence-corrected chi connectivity index (χ3v) is 2.95. The Labute approximate surface area is 121 Å². The number of phenols is 2. The highest BCUT2D eigenvalue weighted by molar-refractivity contribution is 5.98. The van der Waals surface area contributed by atoms with E-state index in [1.807, 2.05) is 30.3 Å². The summed E-state index contributed by atoms with van der Waals surface area (Å²) in [5.74, 6) is -1.06. The van der Waals surface area contributed by atoms with Crippen molar-refractivity contribution in [2.75, 3.05) is 6.54 Å². The van der Waals surface area contributed by atoms with Gasteiger partial charge in [0.1, 0.15) is 6.54 Å². The Morgan fingerprint density at radius 1 is 1.05 bits per heavy atom. The molecule has 0 aliphatic heterocycles. The van der Waals surface area contributed by atoms with E-state index in [1.54, 1.807) is 0 Å². The first-order valence-electron chi connectivity index (χ1n) is 6.27. The van der Waals surface area contributed by atoms with E-state index in [1.165, 1.54) is 12.1 Å². The van der Waals surface area contributed by atoms with Gasteiger partial charge in [-0.3, -0.25) is 4.79 Å². The van der Waals surface area contributed by atoms with Crippen LogP contribution >= 0.6 is 0 Å². The average molecular weight is 286 g/mol. The van der Waals surface area contributed by atoms with Gasteiger partial charge in [-0.2, -0.15) is 0 Å². The maximum Gasteiger partial charge on any atom is 0.184 e. The number of carbonyl (C=O) groups is 1. The van der Waals surface area contributed by atoms with Crippen LogP contribution in [0.5, 0.6) is 11.5 Å². The molecular formula is C15H14N2O4. The Kier molecular flexibility index (Phi) is 4.50. The van der Waals surface area contributed by atoms with Gasteiger partial charge < -0.3 is 10.2 Å². The molecule has 0 unspecified atom stereocenters. The zero-order valence-corrected chi connectivity index (χ0v) is 11.1. The number of ketones is 1. The number of nitroso groups, excluding NO2 is 1. The third-order valence-electron chi connectivity index (χ3n) is 2.95. The Balaban J connectivity index is 2.05. The minimum Gasteiger partial charge on any atom is -0.504 e. The van der Waals surface area contributed by atoms with Crippen LogP contribution in [0.2, 0.25) is 0 Å². The van der Waals surface area contributed by atoms with Gasteiger partial charge >= 0.3 is 0 Å². The molecule has 21 heavy (non-hydrogen) atoms. The molecule has 6 heteroatoms. The van der Waals surface area contributed by atoms with Gasteiger partial charge in [0.2, 0.25) is 0 Å². The summed E-state index contributed by atoms with van der Waals surface area (Å²) >= 11 is 0. The van der Waals surface area contributed by atoms with Crippen molar-refractivity contribution in [3.63, 3.8) is 0 Å². The van der Waals surface area contributed by atoms with E-state index in [0.29, 0.717) is 0 Å². The summed E-state index contributed by atoms with van der Waals surface area (Å²) in [5.41, 5.74) is 1.06. The van der Waals surface area contributed by atoms with Crippen molar-refractivity contribution in [3.05, 3.63) is 64.6 Å². The summed E-state index contributed by atoms with van der Waals surface area (Å²) in [5, 5.41) is 22.5. The number of nitrogens with zero attached hydrogens (tertiary/aromatic N) is 2. The molecule has 6 nitrogen and oxygen atoms in total. The quantitative estimate of drug-likeness (QED) is 0.368. The smallest absolute Gasteiger partial charge is 0.184 e. The summed E-state index contributed by atoms with van der Waals surface area (Å²) < 4.78 is 0. The predicted molar refractivity (Wildman–Crippen MR) is 76.7 cm³/mol. The Morgan fingerprint density at radius 2 is 1.76 bits per heavy atom. The van der Waals surface area contributed by atoms with Gasteiger partial charge in [-0.15, -0.1) is 4.91 Å². The molecule has 0 aliphatic carbocycles. The third kappa shape index (κ3) is 3.79. The second-order valence-corrected chi connectivity index (χ2v) is 4.52. The minimum absolute atomic E-state index is 0.201. The van der Waals surface area contributed by atoms with Crippen molar-refractivity contribution in [1.82, 2.24) is 5.01 Å². The molecule has 0 bridgehead atoms. The molecule has 0 spiro atoms. The Hall–Kier alpha value is -2.89. The fourth-order valence-corrected chi connectivity index (χ4v) is 1.86. The Morgan fingerprint density at radius 3 is 2.38 bits per heavy atom. The van der Waals surface area contributed by atoms with Crippen LogP contribution in [0.25, 0.3) is 0 Å². The molecule has 0 atom stereocenters. The highest BCUT2D eigenvalue weighted by atomic mass is 16.3. The fourth-order valence-electron chi connectivity index (χ4n) is 1.86. The van der Waals surface area contributed by atoms with Crippen LogP contribution in [0.4, 0.5) is 0 Å². The first kappa shape index (κ1) is 14.5. The van der Waals surface area contributed by atoms with Crippen LogP contribution in [-0.4, -0.2) is 27.5 Å². The number of benzene rings is 2. The predicted octanol–water partition coefficient (Wildman–Crippen LogP) is 2.46. The van der Waals surface area contributed by atoms with Crippen LogP contribution in [0.15, 0.2) is 53.8 Å². The van der Waals surface area contributed by atoms with Crippen molar-refractivity contribution in [3.8, 4) is 11.5 Å². The topological polar surface area (TPSA) is 90.2 Å². The second kappa shape index (κ2) is 6.51. The molecule has 0 saturated carbocycles. The van der Waals surface area contributed by atoms with Crippen molar-refractivity contribution in [1.29, 1.82) is 0 Å². The highest BCUT2D eigenvalue weighted by Crippen LogP contribution is 2.25. The minimum atomic E-state index is -0.380. The van der Waals surface area contributed by atoms with Crippen LogP contribution in [0.1, 0.15) is 15.9 Å². The van der Waals surface area contributed by atoms with Gasteiger partial charge in [-0.25, -0.2) is 5.01 Å². The lowest BCUT2D eigenvalue weighted by molar-refractivity contribution is 0.0926. The van der Waals surface area contributed by atoms with Crippen molar-refractivity contribution in [2.45, 2.75) is 6.54 Å². The van der Waals surface area contributed by atoms with Gasteiger partial charge in [0.25, 0.3) is 0 Å². The molecule has 0 saturated heterocycles. The standard InChI is InChI=1S/C15H14N2O4/c18-13-7-6-12(8-14(13)19)15(20)10-17(16-21)9-11-4-2-1-3-5-11/h1-8,18-19H,9-10H2. The molecule has 108 valence electrons. The molecule has 0 aromatic heterocycles. The summed E-state index contributed by atoms with van der Waals surface area (Å²) in [7, 11) is 0. The molecule has 2 aromatic carbocycles. The molecule has 2 rings (SSSR count). The van der Waals surface area contributed by atoms with Crippen LogP contribution < -0.4 is 0 Å². The van der Waals surface area contributed by atoms with Gasteiger partial charge in [0.15, 0.2) is 17.3 Å². The lowest BCUT2D eigenvalue weighted by Gasteiger charge is -2.14. The summed E-state index contributed by atoms with van der Waals surface area (Å²) in [4.78, 5) is 22.9. The summed E-state index contributed by atoms with van der Waals surface area (Å²) in [6.45, 7) is 0.0166. The lowest BCUT2D eigenvalue weighted by Crippen LogP contribution is -2.24. The van der Waals surface area contributed by atoms with Gasteiger partial charge in [-0.1, -0.05) is 30.3 Å². The van der Waals surface area contributed by atoms with Crippen LogP contribution in [0.3, 0.4) is 0 Å². The number of phenolic OH excluding ortho intramolecular Hbond substituents is 2. The van der Waals surface area contributed by atoms with Crippen molar-refractivity contribution in [2.24, 2.45) is 5.29 Å². The molecule has 0 radical (unpaired) electrons. The Bertz CT molecular complexity index is 643. The molecule has 2 N–H and O–H groups in total. The second-order valence-electron chi connectivity index (χ2n) is 4.52. The zero-order valence-electron chi connectivity index (χ0n) is 11.1. The number of rotatable bonds is 6. The van der Waals surface area contributed by atoms with E-state index in [2.05, 4.69) is 5.29 Å². The van der Waals surface area contributed by atoms with E-state index in [0.717, 1.165) is 16.6 Å². The maximum atomic E-state index is 12.0. The van der Waals surface area contributed by atoms with Gasteiger partial charge in [0.05, 0.1) is 11.8 Å². The lowest BCUT2D eigenvalue weighted by atomic mass is 10.1. The van der Waals surface area contributed by atoms with Gasteiger partial charge in [0, 0.05) is 5.56 Å². The van der Waals surface area contributed by atoms with E-state index in [9.17, 15) is 19.9 Å². The molecule has 2 aromatic rings. The van der Waals surface area contributed by atoms with E-state index >= 15 is 0 Å². The highest BCUT2D eigenvalue weighted by Gasteiger charge is 2.14. The van der Waals surface area contributed by atoms with E-state index in [-0.39, 0.29) is 35.9 Å². The number of Topliss-reactive ketones (excluding diaryl/α,β-unsaturated/α-hetero) is 1.